The Kier molecular flexibility index (Phi) is 2.95. The first kappa shape index (κ1) is 11.4. The highest BCUT2D eigenvalue weighted by atomic mass is 16.1. The van der Waals surface area contributed by atoms with Crippen LogP contribution in [0.5, 0.6) is 0 Å². The van der Waals surface area contributed by atoms with Gasteiger partial charge in [0.05, 0.1) is 0 Å². The second-order valence-corrected chi connectivity index (χ2v) is 4.18. The number of hydrogen-bond acceptors (Lipinski definition) is 3. The lowest BCUT2D eigenvalue weighted by Crippen LogP contribution is -2.10. The van der Waals surface area contributed by atoms with E-state index in [4.69, 9.17) is 0 Å². The maximum atomic E-state index is 11.3. The van der Waals surface area contributed by atoms with Gasteiger partial charge in [-0.05, 0) is 32.4 Å². The van der Waals surface area contributed by atoms with Crippen molar-refractivity contribution in [1.29, 1.82) is 0 Å². The van der Waals surface area contributed by atoms with Gasteiger partial charge in [0, 0.05) is 17.4 Å². The Morgan fingerprint density at radius 3 is 2.59 bits per heavy atom. The molecular weight excluding hydrogens is 214 g/mol. The van der Waals surface area contributed by atoms with E-state index in [-0.39, 0.29) is 5.56 Å². The molecule has 1 aromatic heterocycles. The molecule has 0 atom stereocenters. The van der Waals surface area contributed by atoms with Crippen LogP contribution in [0.4, 0.5) is 11.6 Å². The highest BCUT2D eigenvalue weighted by molar-refractivity contribution is 5.58. The summed E-state index contributed by atoms with van der Waals surface area (Å²) < 4.78 is 0. The predicted octanol–water partition coefficient (Wildman–Crippen LogP) is 2.44. The lowest BCUT2D eigenvalue weighted by Gasteiger charge is -2.09. The SMILES string of the molecule is Cc1ccc(Nc2nc(C)cc(=O)[nH]2)c(C)c1. The zero-order chi connectivity index (χ0) is 12.4. The average molecular weight is 229 g/mol. The summed E-state index contributed by atoms with van der Waals surface area (Å²) in [6.45, 7) is 5.86. The van der Waals surface area contributed by atoms with E-state index in [1.54, 1.807) is 6.92 Å². The number of anilines is 2. The van der Waals surface area contributed by atoms with E-state index >= 15 is 0 Å². The van der Waals surface area contributed by atoms with Crippen molar-refractivity contribution in [2.45, 2.75) is 20.8 Å². The zero-order valence-electron chi connectivity index (χ0n) is 10.2. The van der Waals surface area contributed by atoms with Gasteiger partial charge in [-0.15, -0.1) is 0 Å². The molecule has 0 unspecified atom stereocenters. The van der Waals surface area contributed by atoms with Gasteiger partial charge in [0.2, 0.25) is 5.95 Å². The minimum atomic E-state index is -0.148. The monoisotopic (exact) mass is 229 g/mol. The number of hydrogen-bond donors (Lipinski definition) is 2. The summed E-state index contributed by atoms with van der Waals surface area (Å²) in [7, 11) is 0. The Labute approximate surface area is 99.7 Å². The highest BCUT2D eigenvalue weighted by Gasteiger charge is 2.01. The summed E-state index contributed by atoms with van der Waals surface area (Å²) in [6, 6.07) is 7.54. The summed E-state index contributed by atoms with van der Waals surface area (Å²) in [6.07, 6.45) is 0. The standard InChI is InChI=1S/C13H15N3O/c1-8-4-5-11(9(2)6-8)15-13-14-10(3)7-12(17)16-13/h4-7H,1-3H3,(H2,14,15,16,17). The fourth-order valence-electron chi connectivity index (χ4n) is 1.72. The molecule has 0 aliphatic rings. The Morgan fingerprint density at radius 1 is 1.18 bits per heavy atom. The zero-order valence-corrected chi connectivity index (χ0v) is 10.2. The molecule has 0 amide bonds. The van der Waals surface area contributed by atoms with Gasteiger partial charge < -0.3 is 5.32 Å². The largest absolute Gasteiger partial charge is 0.325 e. The number of aryl methyl sites for hydroxylation is 3. The van der Waals surface area contributed by atoms with E-state index in [2.05, 4.69) is 21.4 Å². The van der Waals surface area contributed by atoms with Crippen LogP contribution < -0.4 is 10.9 Å². The van der Waals surface area contributed by atoms with Gasteiger partial charge in [0.15, 0.2) is 0 Å². The van der Waals surface area contributed by atoms with Gasteiger partial charge >= 0.3 is 0 Å². The van der Waals surface area contributed by atoms with Crippen LogP contribution in [0.3, 0.4) is 0 Å². The van der Waals surface area contributed by atoms with Crippen molar-refractivity contribution in [3.63, 3.8) is 0 Å². The molecule has 4 nitrogen and oxygen atoms in total. The second kappa shape index (κ2) is 4.41. The van der Waals surface area contributed by atoms with E-state index in [1.165, 1.54) is 11.6 Å². The van der Waals surface area contributed by atoms with Crippen LogP contribution in [-0.2, 0) is 0 Å². The van der Waals surface area contributed by atoms with Gasteiger partial charge in [0.1, 0.15) is 0 Å². The number of benzene rings is 1. The molecule has 0 radical (unpaired) electrons. The van der Waals surface area contributed by atoms with Crippen LogP contribution in [0.1, 0.15) is 16.8 Å². The minimum absolute atomic E-state index is 0.148. The lowest BCUT2D eigenvalue weighted by molar-refractivity contribution is 1.07. The molecule has 17 heavy (non-hydrogen) atoms. The lowest BCUT2D eigenvalue weighted by atomic mass is 10.1. The van der Waals surface area contributed by atoms with E-state index in [1.807, 2.05) is 26.0 Å². The Balaban J connectivity index is 2.34. The first-order valence-corrected chi connectivity index (χ1v) is 5.47. The maximum Gasteiger partial charge on any atom is 0.252 e. The van der Waals surface area contributed by atoms with Gasteiger partial charge in [-0.3, -0.25) is 9.78 Å². The summed E-state index contributed by atoms with van der Waals surface area (Å²) in [5, 5.41) is 3.11. The molecular formula is C13H15N3O. The third kappa shape index (κ3) is 2.72. The molecule has 2 rings (SSSR count). The first-order valence-electron chi connectivity index (χ1n) is 5.47. The van der Waals surface area contributed by atoms with Crippen LogP contribution in [0, 0.1) is 20.8 Å². The van der Waals surface area contributed by atoms with E-state index in [0.29, 0.717) is 11.6 Å². The maximum absolute atomic E-state index is 11.3. The molecule has 0 spiro atoms. The average Bonchev–Trinajstić information content (AvgIpc) is 2.21. The fraction of sp³-hybridized carbons (Fsp3) is 0.231. The number of aromatic amines is 1. The van der Waals surface area contributed by atoms with Gasteiger partial charge in [-0.2, -0.15) is 0 Å². The van der Waals surface area contributed by atoms with Gasteiger partial charge in [-0.1, -0.05) is 17.7 Å². The molecule has 1 heterocycles. The van der Waals surface area contributed by atoms with Crippen molar-refractivity contribution in [1.82, 2.24) is 9.97 Å². The van der Waals surface area contributed by atoms with Crippen LogP contribution >= 0.6 is 0 Å². The first-order chi connectivity index (χ1) is 8.04. The molecule has 0 aliphatic heterocycles. The van der Waals surface area contributed by atoms with Crippen molar-refractivity contribution in [3.8, 4) is 0 Å². The van der Waals surface area contributed by atoms with Crippen molar-refractivity contribution in [2.24, 2.45) is 0 Å². The fourth-order valence-corrected chi connectivity index (χ4v) is 1.72. The summed E-state index contributed by atoms with van der Waals surface area (Å²) >= 11 is 0. The molecule has 0 aliphatic carbocycles. The molecule has 0 bridgehead atoms. The number of aromatic nitrogens is 2. The molecule has 4 heteroatoms. The smallest absolute Gasteiger partial charge is 0.252 e. The van der Waals surface area contributed by atoms with Crippen LogP contribution in [-0.4, -0.2) is 9.97 Å². The molecule has 0 fully saturated rings. The molecule has 1 aromatic carbocycles. The number of rotatable bonds is 2. The molecule has 2 N–H and O–H groups in total. The van der Waals surface area contributed by atoms with E-state index in [0.717, 1.165) is 11.3 Å². The molecule has 2 aromatic rings. The normalized spacial score (nSPS) is 10.3. The predicted molar refractivity (Wildman–Crippen MR) is 68.8 cm³/mol. The van der Waals surface area contributed by atoms with Crippen molar-refractivity contribution < 1.29 is 0 Å². The quantitative estimate of drug-likeness (QED) is 0.831. The van der Waals surface area contributed by atoms with E-state index in [9.17, 15) is 4.79 Å². The van der Waals surface area contributed by atoms with E-state index < -0.39 is 0 Å². The van der Waals surface area contributed by atoms with Gasteiger partial charge in [-0.25, -0.2) is 4.98 Å². The number of H-pyrrole nitrogens is 1. The molecule has 0 saturated heterocycles. The van der Waals surface area contributed by atoms with Crippen LogP contribution in [0.2, 0.25) is 0 Å². The Morgan fingerprint density at radius 2 is 1.94 bits per heavy atom. The van der Waals surface area contributed by atoms with Crippen molar-refractivity contribution in [3.05, 3.63) is 51.4 Å². The minimum Gasteiger partial charge on any atom is -0.325 e. The van der Waals surface area contributed by atoms with Crippen LogP contribution in [0.15, 0.2) is 29.1 Å². The summed E-state index contributed by atoms with van der Waals surface area (Å²) in [5.41, 5.74) is 3.82. The Bertz CT molecular complexity index is 602. The highest BCUT2D eigenvalue weighted by Crippen LogP contribution is 2.18. The number of nitrogens with zero attached hydrogens (tertiary/aromatic N) is 1. The topological polar surface area (TPSA) is 57.8 Å². The van der Waals surface area contributed by atoms with Crippen molar-refractivity contribution >= 4 is 11.6 Å². The summed E-state index contributed by atoms with van der Waals surface area (Å²) in [5.74, 6) is 0.474. The van der Waals surface area contributed by atoms with Crippen molar-refractivity contribution in [2.75, 3.05) is 5.32 Å². The summed E-state index contributed by atoms with van der Waals surface area (Å²) in [4.78, 5) is 18.2. The molecule has 88 valence electrons. The third-order valence-electron chi connectivity index (χ3n) is 2.50. The second-order valence-electron chi connectivity index (χ2n) is 4.18. The van der Waals surface area contributed by atoms with Crippen LogP contribution in [0.25, 0.3) is 0 Å². The molecule has 0 saturated carbocycles. The number of nitrogens with one attached hydrogen (secondary N) is 2. The Hall–Kier alpha value is -2.10. The van der Waals surface area contributed by atoms with Gasteiger partial charge in [0.25, 0.3) is 5.56 Å². The third-order valence-corrected chi connectivity index (χ3v) is 2.50.